The van der Waals surface area contributed by atoms with Crippen LogP contribution in [0, 0.1) is 0 Å². The smallest absolute Gasteiger partial charge is 0.306 e. The highest BCUT2D eigenvalue weighted by atomic mass is 16.7. The van der Waals surface area contributed by atoms with Crippen molar-refractivity contribution in [1.29, 1.82) is 0 Å². The van der Waals surface area contributed by atoms with E-state index in [9.17, 15) is 40.5 Å². The highest BCUT2D eigenvalue weighted by Gasteiger charge is 2.47. The highest BCUT2D eigenvalue weighted by molar-refractivity contribution is 5.69. The third-order valence-corrected chi connectivity index (χ3v) is 15.4. The van der Waals surface area contributed by atoms with Gasteiger partial charge >= 0.3 is 5.97 Å². The van der Waals surface area contributed by atoms with E-state index in [1.807, 2.05) is 0 Å². The Morgan fingerprint density at radius 2 is 0.716 bits per heavy atom. The summed E-state index contributed by atoms with van der Waals surface area (Å²) in [6, 6.07) is 0. The number of carbonyl (C=O) groups is 1. The van der Waals surface area contributed by atoms with Crippen LogP contribution >= 0.6 is 0 Å². The molecular formula is C60H116O14. The molecule has 2 fully saturated rings. The fraction of sp³-hybridized carbons (Fsp3) is 0.983. The second-order valence-corrected chi connectivity index (χ2v) is 22.3. The van der Waals surface area contributed by atoms with Gasteiger partial charge in [0.1, 0.15) is 54.9 Å². The quantitative estimate of drug-likeness (QED) is 0.0223. The Bertz CT molecular complexity index is 1230. The molecule has 0 aliphatic carbocycles. The predicted molar refractivity (Wildman–Crippen MR) is 294 cm³/mol. The average molecular weight is 1060 g/mol. The number of rotatable bonds is 52. The van der Waals surface area contributed by atoms with Gasteiger partial charge in [0.2, 0.25) is 0 Å². The normalized spacial score (nSPS) is 24.7. The van der Waals surface area contributed by atoms with E-state index in [-0.39, 0.29) is 25.6 Å². The SMILES string of the molecule is CCCCCCCCCCCCCCCCCCCCCCCCCCCCOCC(COC1OC(COC2OC(CO)C(O)C(O)C2O)C(O)C(O)C1O)OC(=O)CCCCCCCCCCCCCCCC. The minimum Gasteiger partial charge on any atom is -0.457 e. The predicted octanol–water partition coefficient (Wildman–Crippen LogP) is 11.6. The third kappa shape index (κ3) is 34.1. The van der Waals surface area contributed by atoms with Crippen molar-refractivity contribution < 1.29 is 69.0 Å². The van der Waals surface area contributed by atoms with Gasteiger partial charge in [0.25, 0.3) is 0 Å². The molecular weight excluding hydrogens is 945 g/mol. The molecule has 2 rings (SSSR count). The maximum absolute atomic E-state index is 13.1. The Balaban J connectivity index is 1.64. The summed E-state index contributed by atoms with van der Waals surface area (Å²) in [5.41, 5.74) is 0. The van der Waals surface area contributed by atoms with Crippen molar-refractivity contribution in [2.45, 2.75) is 345 Å². The molecule has 0 spiro atoms. The lowest BCUT2D eigenvalue weighted by atomic mass is 9.98. The lowest BCUT2D eigenvalue weighted by Gasteiger charge is -2.42. The molecule has 2 saturated heterocycles. The van der Waals surface area contributed by atoms with Crippen molar-refractivity contribution in [3.8, 4) is 0 Å². The zero-order valence-corrected chi connectivity index (χ0v) is 47.4. The number of unbranched alkanes of at least 4 members (excludes halogenated alkanes) is 38. The lowest BCUT2D eigenvalue weighted by Crippen LogP contribution is -2.61. The molecule has 0 bridgehead atoms. The van der Waals surface area contributed by atoms with Crippen LogP contribution in [0.5, 0.6) is 0 Å². The fourth-order valence-corrected chi connectivity index (χ4v) is 10.3. The van der Waals surface area contributed by atoms with Gasteiger partial charge in [0, 0.05) is 13.0 Å². The standard InChI is InChI=1S/C60H116O14/c1-3-5-7-9-11-13-15-17-19-20-21-22-23-24-25-26-27-28-29-30-32-34-36-38-40-42-44-69-46-49(72-52(62)43-41-39-37-35-33-31-18-16-14-12-10-8-6-4-2)47-70-59-58(68)56(66)54(64)51(74-59)48-71-60-57(67)55(65)53(63)50(45-61)73-60/h49-51,53-61,63-68H,3-48H2,1-2H3. The Morgan fingerprint density at radius 3 is 1.09 bits per heavy atom. The third-order valence-electron chi connectivity index (χ3n) is 15.4. The first-order chi connectivity index (χ1) is 36.1. The van der Waals surface area contributed by atoms with E-state index in [2.05, 4.69) is 13.8 Å². The lowest BCUT2D eigenvalue weighted by molar-refractivity contribution is -0.332. The van der Waals surface area contributed by atoms with Gasteiger partial charge in [-0.25, -0.2) is 0 Å². The van der Waals surface area contributed by atoms with Gasteiger partial charge in [-0.05, 0) is 12.8 Å². The number of esters is 1. The largest absolute Gasteiger partial charge is 0.457 e. The first-order valence-electron chi connectivity index (χ1n) is 31.1. The van der Waals surface area contributed by atoms with E-state index in [1.54, 1.807) is 0 Å². The van der Waals surface area contributed by atoms with Crippen LogP contribution in [0.2, 0.25) is 0 Å². The number of ether oxygens (including phenoxy) is 6. The van der Waals surface area contributed by atoms with E-state index in [0.717, 1.165) is 44.9 Å². The molecule has 14 heteroatoms. The summed E-state index contributed by atoms with van der Waals surface area (Å²) in [6.45, 7) is 3.76. The van der Waals surface area contributed by atoms with Crippen LogP contribution < -0.4 is 0 Å². The Labute approximate surface area is 451 Å². The second kappa shape index (κ2) is 47.9. The number of hydrogen-bond donors (Lipinski definition) is 7. The van der Waals surface area contributed by atoms with Crippen molar-refractivity contribution in [2.75, 3.05) is 33.0 Å². The van der Waals surface area contributed by atoms with Crippen LogP contribution in [0.1, 0.15) is 277 Å². The van der Waals surface area contributed by atoms with E-state index in [0.29, 0.717) is 6.61 Å². The van der Waals surface area contributed by atoms with Crippen molar-refractivity contribution >= 4 is 5.97 Å². The van der Waals surface area contributed by atoms with Crippen molar-refractivity contribution in [1.82, 2.24) is 0 Å². The summed E-state index contributed by atoms with van der Waals surface area (Å²) in [5, 5.41) is 72.4. The number of aliphatic hydroxyl groups excluding tert-OH is 7. The first kappa shape index (κ1) is 69.1. The minimum atomic E-state index is -1.70. The van der Waals surface area contributed by atoms with Gasteiger partial charge in [0.15, 0.2) is 12.6 Å². The van der Waals surface area contributed by atoms with Crippen LogP contribution in [-0.4, -0.2) is 142 Å². The number of aliphatic hydroxyl groups is 7. The van der Waals surface area contributed by atoms with Gasteiger partial charge in [-0.1, -0.05) is 258 Å². The molecule has 0 aromatic carbocycles. The molecule has 0 aromatic heterocycles. The van der Waals surface area contributed by atoms with Gasteiger partial charge in [-0.15, -0.1) is 0 Å². The summed E-state index contributed by atoms with van der Waals surface area (Å²) in [4.78, 5) is 13.1. The molecule has 0 amide bonds. The fourth-order valence-electron chi connectivity index (χ4n) is 10.3. The monoisotopic (exact) mass is 1060 g/mol. The molecule has 11 atom stereocenters. The zero-order chi connectivity index (χ0) is 53.7. The van der Waals surface area contributed by atoms with E-state index >= 15 is 0 Å². The molecule has 2 aliphatic heterocycles. The maximum atomic E-state index is 13.1. The second-order valence-electron chi connectivity index (χ2n) is 22.3. The highest BCUT2D eigenvalue weighted by Crippen LogP contribution is 2.27. The maximum Gasteiger partial charge on any atom is 0.306 e. The summed E-state index contributed by atoms with van der Waals surface area (Å²) in [7, 11) is 0. The zero-order valence-electron chi connectivity index (χ0n) is 47.4. The summed E-state index contributed by atoms with van der Waals surface area (Å²) in [5.74, 6) is -0.368. The van der Waals surface area contributed by atoms with Crippen molar-refractivity contribution in [2.24, 2.45) is 0 Å². The van der Waals surface area contributed by atoms with Gasteiger partial charge in [0.05, 0.1) is 26.4 Å². The van der Waals surface area contributed by atoms with Crippen LogP contribution in [0.3, 0.4) is 0 Å². The van der Waals surface area contributed by atoms with Crippen LogP contribution in [0.15, 0.2) is 0 Å². The van der Waals surface area contributed by atoms with Crippen molar-refractivity contribution in [3.05, 3.63) is 0 Å². The Morgan fingerprint density at radius 1 is 0.392 bits per heavy atom. The molecule has 7 N–H and O–H groups in total. The van der Waals surface area contributed by atoms with Crippen LogP contribution in [-0.2, 0) is 33.2 Å². The van der Waals surface area contributed by atoms with Crippen molar-refractivity contribution in [3.63, 3.8) is 0 Å². The van der Waals surface area contributed by atoms with E-state index < -0.39 is 80.7 Å². The number of hydrogen-bond acceptors (Lipinski definition) is 14. The topological polar surface area (TPSA) is 214 Å². The summed E-state index contributed by atoms with van der Waals surface area (Å²) >= 11 is 0. The Hall–Kier alpha value is -1.01. The first-order valence-corrected chi connectivity index (χ1v) is 31.1. The summed E-state index contributed by atoms with van der Waals surface area (Å²) < 4.78 is 34.4. The molecule has 0 aromatic rings. The van der Waals surface area contributed by atoms with Gasteiger partial charge in [-0.3, -0.25) is 4.79 Å². The Kier molecular flexibility index (Phi) is 44.8. The minimum absolute atomic E-state index is 0.0710. The molecule has 0 radical (unpaired) electrons. The molecule has 2 heterocycles. The average Bonchev–Trinajstić information content (AvgIpc) is 3.40. The molecule has 2 aliphatic rings. The van der Waals surface area contributed by atoms with E-state index in [1.165, 1.54) is 212 Å². The molecule has 74 heavy (non-hydrogen) atoms. The van der Waals surface area contributed by atoms with E-state index in [4.69, 9.17) is 28.4 Å². The molecule has 0 saturated carbocycles. The molecule has 14 nitrogen and oxygen atoms in total. The van der Waals surface area contributed by atoms with Crippen LogP contribution in [0.25, 0.3) is 0 Å². The van der Waals surface area contributed by atoms with Gasteiger partial charge in [-0.2, -0.15) is 0 Å². The molecule has 440 valence electrons. The summed E-state index contributed by atoms with van der Waals surface area (Å²) in [6.07, 6.45) is 36.1. The van der Waals surface area contributed by atoms with Gasteiger partial charge < -0.3 is 64.2 Å². The van der Waals surface area contributed by atoms with Crippen LogP contribution in [0.4, 0.5) is 0 Å². The number of carbonyl (C=O) groups excluding carboxylic acids is 1. The molecule has 11 unspecified atom stereocenters.